The van der Waals surface area contributed by atoms with Gasteiger partial charge in [0, 0.05) is 25.9 Å². The van der Waals surface area contributed by atoms with Gasteiger partial charge in [0.1, 0.15) is 12.1 Å². The van der Waals surface area contributed by atoms with Crippen LogP contribution in [0.3, 0.4) is 0 Å². The summed E-state index contributed by atoms with van der Waals surface area (Å²) in [6.07, 6.45) is 0.338. The molecule has 5 rings (SSSR count). The third-order valence-corrected chi connectivity index (χ3v) is 6.46. The molecule has 0 saturated heterocycles. The minimum Gasteiger partial charge on any atom is -0.480 e. The van der Waals surface area contributed by atoms with E-state index in [4.69, 9.17) is 0 Å². The van der Waals surface area contributed by atoms with Crippen LogP contribution in [0.4, 0.5) is 10.7 Å². The lowest BCUT2D eigenvalue weighted by Gasteiger charge is -2.24. The van der Waals surface area contributed by atoms with E-state index in [0.29, 0.717) is 19.0 Å². The van der Waals surface area contributed by atoms with Crippen molar-refractivity contribution in [2.75, 3.05) is 11.4 Å². The van der Waals surface area contributed by atoms with Gasteiger partial charge in [-0.05, 0) is 23.3 Å². The Labute approximate surface area is 213 Å². The first kappa shape index (κ1) is 24.1. The number of hydrogen-bond donors (Lipinski definition) is 3. The van der Waals surface area contributed by atoms with Crippen LogP contribution in [-0.4, -0.2) is 51.2 Å². The zero-order chi connectivity index (χ0) is 25.8. The van der Waals surface area contributed by atoms with Crippen LogP contribution in [0.15, 0.2) is 84.9 Å². The number of urea groups is 1. The van der Waals surface area contributed by atoms with Gasteiger partial charge in [0.15, 0.2) is 0 Å². The van der Waals surface area contributed by atoms with E-state index in [2.05, 4.69) is 15.6 Å². The topological polar surface area (TPSA) is 117 Å². The summed E-state index contributed by atoms with van der Waals surface area (Å²) in [6.45, 7) is 1.02. The van der Waals surface area contributed by atoms with Crippen LogP contribution in [0.5, 0.6) is 0 Å². The van der Waals surface area contributed by atoms with Crippen molar-refractivity contribution in [2.45, 2.75) is 31.5 Å². The van der Waals surface area contributed by atoms with Crippen LogP contribution in [0.25, 0.3) is 11.0 Å². The molecule has 0 bridgehead atoms. The average molecular weight is 498 g/mol. The van der Waals surface area contributed by atoms with Gasteiger partial charge in [0.05, 0.1) is 11.0 Å². The van der Waals surface area contributed by atoms with Crippen LogP contribution in [0.1, 0.15) is 11.1 Å². The molecule has 9 heteroatoms. The van der Waals surface area contributed by atoms with Crippen LogP contribution < -0.4 is 15.5 Å². The van der Waals surface area contributed by atoms with Crippen molar-refractivity contribution in [1.29, 1.82) is 0 Å². The third-order valence-electron chi connectivity index (χ3n) is 6.46. The number of para-hydroxylation sites is 2. The summed E-state index contributed by atoms with van der Waals surface area (Å²) in [5.74, 6) is -1.19. The van der Waals surface area contributed by atoms with Crippen LogP contribution in [0.2, 0.25) is 0 Å². The minimum atomic E-state index is -1.14. The van der Waals surface area contributed by atoms with Gasteiger partial charge < -0.3 is 20.3 Å². The normalized spacial score (nSPS) is 14.1. The van der Waals surface area contributed by atoms with Crippen molar-refractivity contribution in [2.24, 2.45) is 0 Å². The molecule has 1 aromatic heterocycles. The Bertz CT molecular complexity index is 1420. The molecule has 0 fully saturated rings. The first-order valence-corrected chi connectivity index (χ1v) is 12.1. The van der Waals surface area contributed by atoms with E-state index < -0.39 is 30.0 Å². The van der Waals surface area contributed by atoms with Gasteiger partial charge in [-0.3, -0.25) is 9.69 Å². The van der Waals surface area contributed by atoms with E-state index in [1.54, 1.807) is 0 Å². The van der Waals surface area contributed by atoms with E-state index >= 15 is 0 Å². The largest absolute Gasteiger partial charge is 0.480 e. The highest BCUT2D eigenvalue weighted by atomic mass is 16.4. The fourth-order valence-corrected chi connectivity index (χ4v) is 4.59. The number of aliphatic carboxylic acids is 1. The molecule has 9 nitrogen and oxygen atoms in total. The minimum absolute atomic E-state index is 0.129. The molecule has 37 heavy (non-hydrogen) atoms. The molecule has 1 aliphatic heterocycles. The van der Waals surface area contributed by atoms with Crippen LogP contribution in [0, 0.1) is 0 Å². The molecule has 0 radical (unpaired) electrons. The number of hydrogen-bond acceptors (Lipinski definition) is 4. The summed E-state index contributed by atoms with van der Waals surface area (Å²) in [4.78, 5) is 44.8. The number of nitrogens with one attached hydrogen (secondary N) is 2. The SMILES string of the molecule is O=C(O)[C@H](Cc1ccccc1)NC(=O)[C@H](Cc1ccccc1)NC(=O)N1CCn2c1nc1ccccc12. The summed E-state index contributed by atoms with van der Waals surface area (Å²) < 4.78 is 1.97. The molecular formula is C28H27N5O4. The maximum Gasteiger partial charge on any atom is 0.326 e. The van der Waals surface area contributed by atoms with Gasteiger partial charge in [0.25, 0.3) is 0 Å². The number of carboxylic acids is 1. The maximum absolute atomic E-state index is 13.4. The smallest absolute Gasteiger partial charge is 0.326 e. The van der Waals surface area contributed by atoms with Gasteiger partial charge >= 0.3 is 12.0 Å². The summed E-state index contributed by atoms with van der Waals surface area (Å²) in [5, 5.41) is 15.2. The van der Waals surface area contributed by atoms with Gasteiger partial charge in [-0.25, -0.2) is 14.6 Å². The van der Waals surface area contributed by atoms with E-state index in [0.717, 1.165) is 22.2 Å². The first-order chi connectivity index (χ1) is 18.0. The van der Waals surface area contributed by atoms with Crippen molar-refractivity contribution in [3.63, 3.8) is 0 Å². The number of anilines is 1. The Kier molecular flexibility index (Phi) is 6.85. The number of fused-ring (bicyclic) bond motifs is 3. The second kappa shape index (κ2) is 10.5. The Morgan fingerprint density at radius 3 is 2.03 bits per heavy atom. The summed E-state index contributed by atoms with van der Waals surface area (Å²) in [5.41, 5.74) is 3.36. The molecular weight excluding hydrogens is 470 g/mol. The highest BCUT2D eigenvalue weighted by molar-refractivity contribution is 5.97. The molecule has 3 amide bonds. The lowest BCUT2D eigenvalue weighted by atomic mass is 10.0. The quantitative estimate of drug-likeness (QED) is 0.346. The maximum atomic E-state index is 13.4. The lowest BCUT2D eigenvalue weighted by Crippen LogP contribution is -2.55. The number of amides is 3. The summed E-state index contributed by atoms with van der Waals surface area (Å²) in [7, 11) is 0. The zero-order valence-electron chi connectivity index (χ0n) is 20.1. The number of imidazole rings is 1. The lowest BCUT2D eigenvalue weighted by molar-refractivity contribution is -0.142. The highest BCUT2D eigenvalue weighted by Crippen LogP contribution is 2.27. The van der Waals surface area contributed by atoms with E-state index in [1.807, 2.05) is 89.5 Å². The van der Waals surface area contributed by atoms with Gasteiger partial charge in [-0.1, -0.05) is 72.8 Å². The molecule has 0 aliphatic carbocycles. The second-order valence-electron chi connectivity index (χ2n) is 8.98. The van der Waals surface area contributed by atoms with Gasteiger partial charge in [-0.15, -0.1) is 0 Å². The molecule has 3 aromatic carbocycles. The number of carboxylic acid groups (broad SMARTS) is 1. The predicted molar refractivity (Wildman–Crippen MR) is 139 cm³/mol. The molecule has 2 heterocycles. The standard InChI is InChI=1S/C28H27N5O4/c34-25(29-23(26(35)36)18-20-11-5-2-6-12-20)22(17-19-9-3-1-4-10-19)31-28(37)33-16-15-32-24-14-8-7-13-21(24)30-27(32)33/h1-14,22-23H,15-18H2,(H,29,34)(H,31,37)(H,35,36)/t22-,23-/m0/s1. The Morgan fingerprint density at radius 1 is 0.784 bits per heavy atom. The number of carbonyl (C=O) groups excluding carboxylic acids is 2. The van der Waals surface area contributed by atoms with Crippen molar-refractivity contribution >= 4 is 34.9 Å². The number of nitrogens with zero attached hydrogens (tertiary/aromatic N) is 3. The van der Waals surface area contributed by atoms with E-state index in [1.165, 1.54) is 4.90 Å². The van der Waals surface area contributed by atoms with Gasteiger partial charge in [0.2, 0.25) is 11.9 Å². The molecule has 2 atom stereocenters. The van der Waals surface area contributed by atoms with Crippen molar-refractivity contribution in [1.82, 2.24) is 20.2 Å². The molecule has 4 aromatic rings. The Morgan fingerprint density at radius 2 is 1.38 bits per heavy atom. The van der Waals surface area contributed by atoms with Gasteiger partial charge in [-0.2, -0.15) is 0 Å². The molecule has 1 aliphatic rings. The zero-order valence-corrected chi connectivity index (χ0v) is 20.1. The summed E-state index contributed by atoms with van der Waals surface area (Å²) >= 11 is 0. The molecule has 0 spiro atoms. The van der Waals surface area contributed by atoms with Crippen molar-refractivity contribution < 1.29 is 19.5 Å². The molecule has 3 N–H and O–H groups in total. The first-order valence-electron chi connectivity index (χ1n) is 12.1. The number of rotatable bonds is 8. The third kappa shape index (κ3) is 5.30. The van der Waals surface area contributed by atoms with E-state index in [-0.39, 0.29) is 12.8 Å². The van der Waals surface area contributed by atoms with Crippen LogP contribution >= 0.6 is 0 Å². The Hall–Kier alpha value is -4.66. The number of carbonyl (C=O) groups is 3. The second-order valence-corrected chi connectivity index (χ2v) is 8.98. The molecule has 188 valence electrons. The summed E-state index contributed by atoms with van der Waals surface area (Å²) in [6, 6.07) is 23.5. The molecule has 0 saturated carbocycles. The fourth-order valence-electron chi connectivity index (χ4n) is 4.59. The molecule has 0 unspecified atom stereocenters. The number of benzene rings is 3. The highest BCUT2D eigenvalue weighted by Gasteiger charge is 2.32. The fraction of sp³-hybridized carbons (Fsp3) is 0.214. The van der Waals surface area contributed by atoms with Crippen LogP contribution in [-0.2, 0) is 29.0 Å². The van der Waals surface area contributed by atoms with Crippen molar-refractivity contribution in [3.05, 3.63) is 96.1 Å². The monoisotopic (exact) mass is 497 g/mol. The van der Waals surface area contributed by atoms with Crippen molar-refractivity contribution in [3.8, 4) is 0 Å². The number of aromatic nitrogens is 2. The predicted octanol–water partition coefficient (Wildman–Crippen LogP) is 2.99. The van der Waals surface area contributed by atoms with E-state index in [9.17, 15) is 19.5 Å². The average Bonchev–Trinajstić information content (AvgIpc) is 3.48. The Balaban J connectivity index is 1.35.